The van der Waals surface area contributed by atoms with Gasteiger partial charge in [-0.05, 0) is 49.7 Å². The second kappa shape index (κ2) is 17.4. The van der Waals surface area contributed by atoms with Gasteiger partial charge in [-0.1, -0.05) is 66.2 Å². The highest BCUT2D eigenvalue weighted by Crippen LogP contribution is 2.29. The lowest BCUT2D eigenvalue weighted by molar-refractivity contribution is 0.0945. The van der Waals surface area contributed by atoms with Gasteiger partial charge in [0.2, 0.25) is 0 Å². The van der Waals surface area contributed by atoms with Crippen molar-refractivity contribution >= 4 is 60.4 Å². The first-order valence-electron chi connectivity index (χ1n) is 14.6. The predicted octanol–water partition coefficient (Wildman–Crippen LogP) is 6.35. The molecule has 3 aromatic carbocycles. The number of anilines is 1. The first-order chi connectivity index (χ1) is 21.1. The molecule has 0 spiro atoms. The number of nitrogens with zero attached hydrogens (tertiary/aromatic N) is 7. The van der Waals surface area contributed by atoms with Gasteiger partial charge in [0.1, 0.15) is 18.5 Å². The Labute approximate surface area is 293 Å². The van der Waals surface area contributed by atoms with Gasteiger partial charge in [0.15, 0.2) is 5.69 Å². The summed E-state index contributed by atoms with van der Waals surface area (Å²) >= 11 is 6.35. The third kappa shape index (κ3) is 8.40. The van der Waals surface area contributed by atoms with E-state index in [9.17, 15) is 4.79 Å². The first kappa shape index (κ1) is 36.9. The topological polar surface area (TPSA) is 84.1 Å². The van der Waals surface area contributed by atoms with Crippen LogP contribution in [-0.2, 0) is 6.54 Å². The maximum atomic E-state index is 13.7. The maximum absolute atomic E-state index is 13.7. The molecule has 1 aliphatic heterocycles. The number of rotatable bonds is 10. The third-order valence-corrected chi connectivity index (χ3v) is 8.31. The molecule has 0 aliphatic carbocycles. The quantitative estimate of drug-likeness (QED) is 0.171. The fourth-order valence-corrected chi connectivity index (χ4v) is 5.79. The number of amides is 1. The van der Waals surface area contributed by atoms with Gasteiger partial charge in [0.05, 0.1) is 12.2 Å². The number of halogens is 4. The van der Waals surface area contributed by atoms with E-state index in [1.807, 2.05) is 77.4 Å². The zero-order chi connectivity index (χ0) is 29.6. The van der Waals surface area contributed by atoms with Crippen LogP contribution >= 0.6 is 48.8 Å². The molecule has 3 heterocycles. The van der Waals surface area contributed by atoms with Crippen LogP contribution in [0.1, 0.15) is 28.2 Å². The SMILES string of the molecule is Cc1c(Cl)cccc1N1CCN(CCCNC(=O)c2nc(-c3ccccc3)n(-c3ccccc3)c2Cn2cncn2)CC1.Cl.Cl.Cl. The molecule has 9 nitrogen and oxygen atoms in total. The molecule has 5 aromatic rings. The summed E-state index contributed by atoms with van der Waals surface area (Å²) in [5.74, 6) is 0.517. The van der Waals surface area contributed by atoms with Crippen molar-refractivity contribution in [3.8, 4) is 17.1 Å². The van der Waals surface area contributed by atoms with E-state index < -0.39 is 0 Å². The predicted molar refractivity (Wildman–Crippen MR) is 192 cm³/mol. The van der Waals surface area contributed by atoms with Crippen LogP contribution in [0, 0.1) is 6.92 Å². The Balaban J connectivity index is 0.00000192. The molecule has 0 atom stereocenters. The number of imidazole rings is 1. The Bertz CT molecular complexity index is 1660. The molecule has 1 aliphatic rings. The summed E-state index contributed by atoms with van der Waals surface area (Å²) in [7, 11) is 0. The van der Waals surface area contributed by atoms with Crippen LogP contribution in [0.15, 0.2) is 91.5 Å². The highest BCUT2D eigenvalue weighted by molar-refractivity contribution is 6.31. The van der Waals surface area contributed by atoms with Crippen molar-refractivity contribution < 1.29 is 4.79 Å². The number of hydrogen-bond donors (Lipinski definition) is 1. The highest BCUT2D eigenvalue weighted by Gasteiger charge is 2.25. The summed E-state index contributed by atoms with van der Waals surface area (Å²) in [5.41, 5.74) is 5.34. The molecule has 1 saturated heterocycles. The second-order valence-electron chi connectivity index (χ2n) is 10.7. The number of benzene rings is 3. The molecular formula is C33H38Cl4N8O. The fraction of sp³-hybridized carbons (Fsp3) is 0.273. The largest absolute Gasteiger partial charge is 0.369 e. The molecule has 0 saturated carbocycles. The fourth-order valence-electron chi connectivity index (χ4n) is 5.62. The number of piperazine rings is 1. The lowest BCUT2D eigenvalue weighted by Gasteiger charge is -2.37. The Morgan fingerprint density at radius 2 is 1.59 bits per heavy atom. The van der Waals surface area contributed by atoms with Crippen LogP contribution in [0.25, 0.3) is 17.1 Å². The van der Waals surface area contributed by atoms with Crippen molar-refractivity contribution in [1.29, 1.82) is 0 Å². The van der Waals surface area contributed by atoms with Crippen molar-refractivity contribution in [1.82, 2.24) is 34.5 Å². The molecule has 1 fully saturated rings. The second-order valence-corrected chi connectivity index (χ2v) is 11.1. The van der Waals surface area contributed by atoms with Gasteiger partial charge < -0.3 is 10.2 Å². The van der Waals surface area contributed by atoms with Crippen molar-refractivity contribution in [3.05, 3.63) is 113 Å². The number of nitrogens with one attached hydrogen (secondary N) is 1. The molecule has 244 valence electrons. The van der Waals surface area contributed by atoms with Crippen LogP contribution in [0.2, 0.25) is 5.02 Å². The number of hydrogen-bond acceptors (Lipinski definition) is 6. The van der Waals surface area contributed by atoms with E-state index in [1.165, 1.54) is 12.0 Å². The molecular weight excluding hydrogens is 666 g/mol. The average molecular weight is 705 g/mol. The minimum Gasteiger partial charge on any atom is -0.369 e. The molecule has 46 heavy (non-hydrogen) atoms. The zero-order valence-corrected chi connectivity index (χ0v) is 28.7. The van der Waals surface area contributed by atoms with Crippen LogP contribution < -0.4 is 10.2 Å². The molecule has 0 bridgehead atoms. The third-order valence-electron chi connectivity index (χ3n) is 7.90. The van der Waals surface area contributed by atoms with E-state index in [2.05, 4.69) is 38.2 Å². The molecule has 2 aromatic heterocycles. The molecule has 0 radical (unpaired) electrons. The maximum Gasteiger partial charge on any atom is 0.271 e. The highest BCUT2D eigenvalue weighted by atomic mass is 35.5. The lowest BCUT2D eigenvalue weighted by atomic mass is 10.1. The first-order valence-corrected chi connectivity index (χ1v) is 15.0. The number of carbonyl (C=O) groups is 1. The van der Waals surface area contributed by atoms with Gasteiger partial charge >= 0.3 is 0 Å². The van der Waals surface area contributed by atoms with Gasteiger partial charge in [-0.2, -0.15) is 5.10 Å². The van der Waals surface area contributed by atoms with Gasteiger partial charge in [0.25, 0.3) is 5.91 Å². The van der Waals surface area contributed by atoms with Crippen molar-refractivity contribution in [3.63, 3.8) is 0 Å². The average Bonchev–Trinajstić information content (AvgIpc) is 3.70. The monoisotopic (exact) mass is 702 g/mol. The van der Waals surface area contributed by atoms with E-state index in [0.29, 0.717) is 24.6 Å². The molecule has 0 unspecified atom stereocenters. The molecule has 1 N–H and O–H groups in total. The van der Waals surface area contributed by atoms with Crippen LogP contribution in [0.4, 0.5) is 5.69 Å². The summed E-state index contributed by atoms with van der Waals surface area (Å²) in [6, 6.07) is 26.0. The summed E-state index contributed by atoms with van der Waals surface area (Å²) in [4.78, 5) is 27.6. The van der Waals surface area contributed by atoms with Crippen LogP contribution in [-0.4, -0.2) is 74.4 Å². The number of aromatic nitrogens is 5. The van der Waals surface area contributed by atoms with E-state index in [-0.39, 0.29) is 43.1 Å². The molecule has 13 heteroatoms. The van der Waals surface area contributed by atoms with Crippen LogP contribution in [0.3, 0.4) is 0 Å². The van der Waals surface area contributed by atoms with Gasteiger partial charge in [0, 0.05) is 54.7 Å². The molecule has 1 amide bonds. The Hall–Kier alpha value is -3.60. The summed E-state index contributed by atoms with van der Waals surface area (Å²) in [5, 5.41) is 8.26. The zero-order valence-electron chi connectivity index (χ0n) is 25.5. The van der Waals surface area contributed by atoms with E-state index in [1.54, 1.807) is 11.0 Å². The Kier molecular flexibility index (Phi) is 13.9. The van der Waals surface area contributed by atoms with E-state index in [0.717, 1.165) is 66.7 Å². The Morgan fingerprint density at radius 1 is 0.891 bits per heavy atom. The standard InChI is InChI=1S/C33H35ClN8O.3ClH/c1-25-28(34)14-8-15-29(25)40-20-18-39(19-21-40)17-9-16-36-33(43)31-30(22-41-24-35-23-37-41)42(27-12-6-3-7-13-27)32(38-31)26-10-4-2-5-11-26;;;/h2-8,10-15,23-24H,9,16-22H2,1H3,(H,36,43);3*1H. The van der Waals surface area contributed by atoms with Gasteiger partial charge in [-0.25, -0.2) is 14.6 Å². The van der Waals surface area contributed by atoms with Gasteiger partial charge in [-0.3, -0.25) is 14.3 Å². The number of para-hydroxylation sites is 1. The normalized spacial score (nSPS) is 12.9. The summed E-state index contributed by atoms with van der Waals surface area (Å²) < 4.78 is 3.76. The molecule has 6 rings (SSSR count). The smallest absolute Gasteiger partial charge is 0.271 e. The minimum atomic E-state index is -0.191. The number of carbonyl (C=O) groups excluding carboxylic acids is 1. The summed E-state index contributed by atoms with van der Waals surface area (Å²) in [6.07, 6.45) is 4.00. The lowest BCUT2D eigenvalue weighted by Crippen LogP contribution is -2.47. The summed E-state index contributed by atoms with van der Waals surface area (Å²) in [6.45, 7) is 7.78. The van der Waals surface area contributed by atoms with Crippen molar-refractivity contribution in [2.24, 2.45) is 0 Å². The van der Waals surface area contributed by atoms with Crippen molar-refractivity contribution in [2.75, 3.05) is 44.2 Å². The Morgan fingerprint density at radius 3 is 2.26 bits per heavy atom. The van der Waals surface area contributed by atoms with Crippen LogP contribution in [0.5, 0.6) is 0 Å². The van der Waals surface area contributed by atoms with Crippen molar-refractivity contribution in [2.45, 2.75) is 19.9 Å². The minimum absolute atomic E-state index is 0. The van der Waals surface area contributed by atoms with E-state index >= 15 is 0 Å². The van der Waals surface area contributed by atoms with E-state index in [4.69, 9.17) is 16.6 Å². The van der Waals surface area contributed by atoms with Gasteiger partial charge in [-0.15, -0.1) is 37.2 Å².